The molecule has 0 saturated heterocycles. The fourth-order valence-corrected chi connectivity index (χ4v) is 0. The number of hydrogen-bond acceptors (Lipinski definition) is 0. The summed E-state index contributed by atoms with van der Waals surface area (Å²) in [5, 5.41) is 0. The summed E-state index contributed by atoms with van der Waals surface area (Å²) < 4.78 is 0. The Morgan fingerprint density at radius 1 is 0.429 bits per heavy atom. The molecule has 0 heterocycles. The molecule has 0 aliphatic carbocycles. The van der Waals surface area contributed by atoms with Gasteiger partial charge in [0.1, 0.15) is 0 Å². The molecule has 0 aromatic rings. The van der Waals surface area contributed by atoms with Crippen LogP contribution in [0.15, 0.2) is 0 Å². The van der Waals surface area contributed by atoms with Gasteiger partial charge in [0, 0.05) is 0 Å². The number of hydrogen-bond donors (Lipinski definition) is 0. The van der Waals surface area contributed by atoms with Crippen molar-refractivity contribution >= 4 is 25.8 Å². The second-order valence-corrected chi connectivity index (χ2v) is 0. The maximum Gasteiger partial charge on any atom is 3.00 e. The quantitative estimate of drug-likeness (QED) is 0.418. The summed E-state index contributed by atoms with van der Waals surface area (Å²) in [6.45, 7) is 0. The average Bonchev–Trinajstić information content (AvgIpc) is 0. The first-order valence-corrected chi connectivity index (χ1v) is 0. The van der Waals surface area contributed by atoms with E-state index in [1.807, 2.05) is 0 Å². The predicted octanol–water partition coefficient (Wildman–Crippen LogP) is -11.8. The first-order chi connectivity index (χ1) is 0. The van der Waals surface area contributed by atoms with Gasteiger partial charge in [-0.25, -0.2) is 0 Å². The molecule has 0 amide bonds. The molecule has 0 bridgehead atoms. The molecular formula is H6Cl3InO3. The van der Waals surface area contributed by atoms with Crippen LogP contribution in [0, 0.1) is 0 Å². The molecule has 3 nitrogen and oxygen atoms in total. The second kappa shape index (κ2) is 127. The van der Waals surface area contributed by atoms with E-state index in [2.05, 4.69) is 0 Å². The van der Waals surface area contributed by atoms with Crippen LogP contribution in [-0.2, 0) is 0 Å². The summed E-state index contributed by atoms with van der Waals surface area (Å²) in [7, 11) is 0. The average molecular weight is 271 g/mol. The van der Waals surface area contributed by atoms with Crippen LogP contribution in [0.5, 0.6) is 0 Å². The fraction of sp³-hybridized carbons (Fsp3) is 0. The van der Waals surface area contributed by atoms with Gasteiger partial charge in [-0.05, 0) is 0 Å². The summed E-state index contributed by atoms with van der Waals surface area (Å²) in [6, 6.07) is 0. The van der Waals surface area contributed by atoms with Crippen LogP contribution in [0.2, 0.25) is 0 Å². The Labute approximate surface area is 79.2 Å². The standard InChI is InChI=1S/3ClH.In.3H2O/h3*1H;;3*1H2/q;;;+3;;;/p-3/i;;;1-4;;;. The van der Waals surface area contributed by atoms with E-state index >= 15 is 0 Å². The second-order valence-electron chi connectivity index (χ2n) is 0. The minimum atomic E-state index is 0. The molecule has 0 radical (unpaired) electrons. The van der Waals surface area contributed by atoms with E-state index in [-0.39, 0.29) is 79.5 Å². The Morgan fingerprint density at radius 2 is 0.429 bits per heavy atom. The number of halogens is 3. The van der Waals surface area contributed by atoms with Gasteiger partial charge in [0.25, 0.3) is 0 Å². The third-order valence-corrected chi connectivity index (χ3v) is 0. The van der Waals surface area contributed by atoms with Gasteiger partial charge in [-0.3, -0.25) is 0 Å². The maximum absolute atomic E-state index is 0. The normalized spacial score (nSPS) is 0. The van der Waals surface area contributed by atoms with Gasteiger partial charge < -0.3 is 53.6 Å². The van der Waals surface area contributed by atoms with E-state index in [1.165, 1.54) is 0 Å². The van der Waals surface area contributed by atoms with Crippen LogP contribution < -0.4 is 37.2 Å². The van der Waals surface area contributed by atoms with Crippen LogP contribution in [-0.4, -0.2) is 42.3 Å². The molecule has 6 N–H and O–H groups in total. The molecule has 0 spiro atoms. The van der Waals surface area contributed by atoms with E-state index in [4.69, 9.17) is 0 Å². The largest absolute Gasteiger partial charge is 3.00 e. The zero-order valence-electron chi connectivity index (χ0n) is 3.21. The topological polar surface area (TPSA) is 94.5 Å². The van der Waals surface area contributed by atoms with Crippen LogP contribution in [0.25, 0.3) is 0 Å². The van der Waals surface area contributed by atoms with E-state index in [9.17, 15) is 0 Å². The van der Waals surface area contributed by atoms with Gasteiger partial charge in [0.15, 0.2) is 0 Å². The van der Waals surface area contributed by atoms with Gasteiger partial charge >= 0.3 is 25.8 Å². The summed E-state index contributed by atoms with van der Waals surface area (Å²) in [5.41, 5.74) is 0. The van der Waals surface area contributed by atoms with Crippen molar-refractivity contribution < 1.29 is 53.6 Å². The van der Waals surface area contributed by atoms with Gasteiger partial charge in [-0.15, -0.1) is 0 Å². The third-order valence-electron chi connectivity index (χ3n) is 0. The molecule has 0 aliphatic heterocycles. The molecule has 0 aromatic heterocycles. The van der Waals surface area contributed by atoms with Crippen LogP contribution >= 0.6 is 0 Å². The van der Waals surface area contributed by atoms with Gasteiger partial charge in [0.05, 0.1) is 0 Å². The SMILES string of the molecule is O.O.O.[111In+3].[Cl-].[Cl-].[Cl-]. The van der Waals surface area contributed by atoms with Crippen molar-refractivity contribution in [2.24, 2.45) is 0 Å². The summed E-state index contributed by atoms with van der Waals surface area (Å²) in [4.78, 5) is 0. The third kappa shape index (κ3) is 91.7. The molecular weight excluding hydrogens is 265 g/mol. The molecule has 7 heteroatoms. The van der Waals surface area contributed by atoms with Crippen molar-refractivity contribution in [2.45, 2.75) is 0 Å². The molecule has 0 aromatic carbocycles. The van der Waals surface area contributed by atoms with Crippen LogP contribution in [0.4, 0.5) is 0 Å². The molecule has 0 atom stereocenters. The maximum atomic E-state index is 0. The van der Waals surface area contributed by atoms with Crippen molar-refractivity contribution in [1.29, 1.82) is 0 Å². The zero-order valence-corrected chi connectivity index (χ0v) is 8.77. The Bertz CT molecular complexity index is 10.1. The number of rotatable bonds is 0. The van der Waals surface area contributed by atoms with Crippen LogP contribution in [0.3, 0.4) is 0 Å². The molecule has 7 heavy (non-hydrogen) atoms. The molecule has 0 saturated carbocycles. The van der Waals surface area contributed by atoms with Crippen molar-refractivity contribution in [1.82, 2.24) is 0 Å². The Balaban J connectivity index is 0. The van der Waals surface area contributed by atoms with E-state index < -0.39 is 0 Å². The molecule has 0 unspecified atom stereocenters. The van der Waals surface area contributed by atoms with Crippen molar-refractivity contribution in [3.8, 4) is 0 Å². The molecule has 48 valence electrons. The fourth-order valence-electron chi connectivity index (χ4n) is 0. The molecule has 0 fully saturated rings. The Kier molecular flexibility index (Phi) is 3470. The summed E-state index contributed by atoms with van der Waals surface area (Å²) >= 11 is 0. The first-order valence-electron chi connectivity index (χ1n) is 0. The van der Waals surface area contributed by atoms with Crippen molar-refractivity contribution in [3.05, 3.63) is 0 Å². The van der Waals surface area contributed by atoms with E-state index in [0.717, 1.165) is 0 Å². The van der Waals surface area contributed by atoms with Crippen LogP contribution in [0.1, 0.15) is 0 Å². The van der Waals surface area contributed by atoms with Gasteiger partial charge in [-0.2, -0.15) is 0 Å². The predicted molar refractivity (Wildman–Crippen MR) is 16.6 cm³/mol. The first kappa shape index (κ1) is 191. The minimum absolute atomic E-state index is 0. The van der Waals surface area contributed by atoms with E-state index in [1.54, 1.807) is 0 Å². The van der Waals surface area contributed by atoms with E-state index in [0.29, 0.717) is 0 Å². The minimum Gasteiger partial charge on any atom is -1.00 e. The molecule has 0 rings (SSSR count). The van der Waals surface area contributed by atoms with Crippen molar-refractivity contribution in [3.63, 3.8) is 0 Å². The van der Waals surface area contributed by atoms with Gasteiger partial charge in [0.2, 0.25) is 0 Å². The summed E-state index contributed by atoms with van der Waals surface area (Å²) in [5.74, 6) is 0. The van der Waals surface area contributed by atoms with Gasteiger partial charge in [-0.1, -0.05) is 0 Å². The van der Waals surface area contributed by atoms with Crippen molar-refractivity contribution in [2.75, 3.05) is 0 Å². The zero-order chi connectivity index (χ0) is 0. The monoisotopic (exact) mass is 270 g/mol. The summed E-state index contributed by atoms with van der Waals surface area (Å²) in [6.07, 6.45) is 0. The Morgan fingerprint density at radius 3 is 0.429 bits per heavy atom. The Hall–Kier alpha value is 1.62. The molecule has 0 aliphatic rings. The smallest absolute Gasteiger partial charge is 1.00 e.